The molecule has 1 aliphatic rings. The number of carbonyl (C=O) groups is 1. The Bertz CT molecular complexity index is 871. The van der Waals surface area contributed by atoms with Crippen LogP contribution >= 0.6 is 0 Å². The first-order valence-corrected chi connectivity index (χ1v) is 4.03. The highest BCUT2D eigenvalue weighted by atomic mass is 16.5. The van der Waals surface area contributed by atoms with Gasteiger partial charge in [0.25, 0.3) is 0 Å². The minimum atomic E-state index is -3.45. The Morgan fingerprint density at radius 3 is 2.81 bits per heavy atom. The third kappa shape index (κ3) is 2.33. The van der Waals surface area contributed by atoms with Crippen molar-refractivity contribution in [1.82, 2.24) is 5.32 Å². The van der Waals surface area contributed by atoms with Crippen molar-refractivity contribution in [3.8, 4) is 0 Å². The van der Waals surface area contributed by atoms with E-state index in [0.717, 1.165) is 0 Å². The third-order valence-electron chi connectivity index (χ3n) is 1.59. The largest absolute Gasteiger partial charge is 0.465 e. The van der Waals surface area contributed by atoms with Crippen LogP contribution < -0.4 is 10.2 Å². The molecular weight excluding hydrogens is 204 g/mol. The monoisotopic (exact) mass is 235 g/mol. The summed E-state index contributed by atoms with van der Waals surface area (Å²) in [6.07, 6.45) is 0. The number of carbonyl (C=O) groups excluding carboxylic acids is 1. The Balaban J connectivity index is 2.86. The maximum absolute atomic E-state index is 12.1. The van der Waals surface area contributed by atoms with Crippen LogP contribution in [0.2, 0.25) is 0 Å². The molecular formula is C12H16N2O2. The van der Waals surface area contributed by atoms with Crippen molar-refractivity contribution >= 4 is 11.7 Å². The molecule has 86 valence electrons. The van der Waals surface area contributed by atoms with Gasteiger partial charge in [-0.05, 0) is 24.2 Å². The van der Waals surface area contributed by atoms with Crippen molar-refractivity contribution in [3.05, 3.63) is 29.7 Å². The van der Waals surface area contributed by atoms with E-state index in [2.05, 4.69) is 4.74 Å². The zero-order valence-corrected chi connectivity index (χ0v) is 7.76. The summed E-state index contributed by atoms with van der Waals surface area (Å²) in [5.41, 5.74) is -2.30. The number of ether oxygens (including phenoxy) is 1. The van der Waals surface area contributed by atoms with E-state index in [4.69, 9.17) is 20.6 Å². The highest BCUT2D eigenvalue weighted by Crippen LogP contribution is 2.16. The van der Waals surface area contributed by atoms with Crippen LogP contribution in [0, 0.1) is 0 Å². The molecule has 0 atom stereocenters. The lowest BCUT2D eigenvalue weighted by Crippen LogP contribution is -2.43. The van der Waals surface area contributed by atoms with E-state index in [1.165, 1.54) is 0 Å². The Morgan fingerprint density at radius 1 is 1.50 bits per heavy atom. The van der Waals surface area contributed by atoms with Crippen LogP contribution in [0.1, 0.15) is 30.9 Å². The van der Waals surface area contributed by atoms with Gasteiger partial charge >= 0.3 is 5.97 Å². The number of anilines is 1. The first-order valence-electron chi connectivity index (χ1n) is 11.5. The van der Waals surface area contributed by atoms with E-state index in [-0.39, 0.29) is 4.90 Å². The lowest BCUT2D eigenvalue weighted by atomic mass is 10.2. The molecule has 1 aromatic rings. The first kappa shape index (κ1) is 2.82. The molecule has 1 N–H and O–H groups in total. The van der Waals surface area contributed by atoms with Crippen LogP contribution in [-0.2, 0) is 4.74 Å². The van der Waals surface area contributed by atoms with Crippen molar-refractivity contribution in [2.45, 2.75) is 0 Å². The van der Waals surface area contributed by atoms with Crippen LogP contribution in [0.3, 0.4) is 0 Å². The van der Waals surface area contributed by atoms with Crippen molar-refractivity contribution < 1.29 is 30.1 Å². The molecule has 0 saturated carbocycles. The van der Waals surface area contributed by atoms with Gasteiger partial charge in [-0.25, -0.2) is 4.79 Å². The molecule has 0 unspecified atom stereocenters. The standard InChI is InChI=1S/C12H16N2O2/c1-16-12(15)10-2-4-11(5-3-10)14-8-6-13-7-9-14/h2-5,13H,6-9H2,1H3/i1D3,2D,3D,4D,5D,6D2,7D2,8D2,9D2. The van der Waals surface area contributed by atoms with Gasteiger partial charge in [-0.1, -0.05) is 0 Å². The fourth-order valence-electron chi connectivity index (χ4n) is 0.910. The molecule has 0 aromatic heterocycles. The van der Waals surface area contributed by atoms with Gasteiger partial charge in [0, 0.05) is 37.2 Å². The van der Waals surface area contributed by atoms with Crippen LogP contribution in [0.4, 0.5) is 5.69 Å². The number of rotatable bonds is 2. The molecule has 0 amide bonds. The van der Waals surface area contributed by atoms with E-state index >= 15 is 0 Å². The summed E-state index contributed by atoms with van der Waals surface area (Å²) in [7, 11) is -3.28. The van der Waals surface area contributed by atoms with Gasteiger partial charge in [0.15, 0.2) is 0 Å². The second-order valence-corrected chi connectivity index (χ2v) is 2.55. The lowest BCUT2D eigenvalue weighted by molar-refractivity contribution is 0.0601. The summed E-state index contributed by atoms with van der Waals surface area (Å²) in [4.78, 5) is 11.9. The molecule has 1 heterocycles. The van der Waals surface area contributed by atoms with Crippen LogP contribution in [0.15, 0.2) is 24.2 Å². The van der Waals surface area contributed by atoms with Gasteiger partial charge in [-0.15, -0.1) is 0 Å². The number of nitrogens with zero attached hydrogens (tertiary/aromatic N) is 1. The second kappa shape index (κ2) is 4.99. The van der Waals surface area contributed by atoms with Crippen LogP contribution in [0.5, 0.6) is 0 Å². The number of esters is 1. The third-order valence-corrected chi connectivity index (χ3v) is 1.59. The van der Waals surface area contributed by atoms with E-state index in [1.54, 1.807) is 5.32 Å². The van der Waals surface area contributed by atoms with Gasteiger partial charge in [-0.2, -0.15) is 0 Å². The Labute approximate surface area is 116 Å². The molecule has 2 rings (SSSR count). The lowest BCUT2D eigenvalue weighted by Gasteiger charge is -2.29. The quantitative estimate of drug-likeness (QED) is 0.773. The maximum Gasteiger partial charge on any atom is 0.337 e. The Kier molecular flexibility index (Phi) is 0.878. The minimum absolute atomic E-state index is 0.198. The minimum Gasteiger partial charge on any atom is -0.465 e. The van der Waals surface area contributed by atoms with Crippen molar-refractivity contribution in [1.29, 1.82) is 0 Å². The molecule has 1 saturated heterocycles. The molecule has 4 nitrogen and oxygen atoms in total. The highest BCUT2D eigenvalue weighted by Gasteiger charge is 2.11. The normalized spacial score (nSPS) is 43.0. The summed E-state index contributed by atoms with van der Waals surface area (Å²) in [5.74, 6) is -1.75. The second-order valence-electron chi connectivity index (χ2n) is 2.55. The summed E-state index contributed by atoms with van der Waals surface area (Å²) in [6, 6.07) is -4.90. The van der Waals surface area contributed by atoms with E-state index < -0.39 is 74.4 Å². The number of nitrogens with one attached hydrogen (secondary N) is 1. The summed E-state index contributed by atoms with van der Waals surface area (Å²) >= 11 is 0. The van der Waals surface area contributed by atoms with Gasteiger partial charge in [-0.3, -0.25) is 0 Å². The number of hydrogen-bond donors (Lipinski definition) is 1. The fourth-order valence-corrected chi connectivity index (χ4v) is 0.910. The predicted molar refractivity (Wildman–Crippen MR) is 62.9 cm³/mol. The zero-order valence-electron chi connectivity index (χ0n) is 22.8. The molecule has 1 aromatic carbocycles. The molecule has 4 heteroatoms. The average molecular weight is 235 g/mol. The van der Waals surface area contributed by atoms with Crippen LogP contribution in [-0.4, -0.2) is 39.0 Å². The number of piperazine rings is 1. The maximum atomic E-state index is 12.1. The summed E-state index contributed by atoms with van der Waals surface area (Å²) < 4.78 is 120. The van der Waals surface area contributed by atoms with Gasteiger partial charge < -0.3 is 15.0 Å². The molecule has 0 aliphatic carbocycles. The average Bonchev–Trinajstić information content (AvgIpc) is 2.52. The number of methoxy groups -OCH3 is 1. The van der Waals surface area contributed by atoms with Gasteiger partial charge in [0.1, 0.15) is 0 Å². The Hall–Kier alpha value is -1.55. The fraction of sp³-hybridized carbons (Fsp3) is 0.417. The smallest absolute Gasteiger partial charge is 0.337 e. The summed E-state index contributed by atoms with van der Waals surface area (Å²) in [6.45, 7) is -13.4. The number of benzene rings is 1. The Morgan fingerprint density at radius 2 is 2.19 bits per heavy atom. The number of hydrogen-bond acceptors (Lipinski definition) is 4. The molecule has 1 fully saturated rings. The van der Waals surface area contributed by atoms with E-state index in [0.29, 0.717) is 0 Å². The van der Waals surface area contributed by atoms with Crippen molar-refractivity contribution in [2.24, 2.45) is 0 Å². The topological polar surface area (TPSA) is 41.6 Å². The summed E-state index contributed by atoms with van der Waals surface area (Å²) in [5, 5.41) is 1.56. The van der Waals surface area contributed by atoms with E-state index in [9.17, 15) is 4.79 Å². The first-order chi connectivity index (χ1) is 13.6. The SMILES string of the molecule is [2H]c1c([2H])c(N2C([2H])([2H])C([2H])([2H])NC([2H])([2H])C2([2H])[2H])c([2H])c([2H])c1C(=O)OC([2H])([2H])[2H]. The molecule has 0 spiro atoms. The van der Waals surface area contributed by atoms with Crippen molar-refractivity contribution in [3.63, 3.8) is 0 Å². The molecule has 0 radical (unpaired) electrons. The molecule has 0 bridgehead atoms. The van der Waals surface area contributed by atoms with E-state index in [1.807, 2.05) is 0 Å². The van der Waals surface area contributed by atoms with Crippen molar-refractivity contribution in [2.75, 3.05) is 37.9 Å². The predicted octanol–water partition coefficient (Wildman–Crippen LogP) is 0.883. The molecule has 16 heavy (non-hydrogen) atoms. The van der Waals surface area contributed by atoms with Gasteiger partial charge in [0.2, 0.25) is 0 Å². The highest BCUT2D eigenvalue weighted by molar-refractivity contribution is 5.89. The van der Waals surface area contributed by atoms with Crippen LogP contribution in [0.25, 0.3) is 0 Å². The molecule has 1 aliphatic heterocycles. The van der Waals surface area contributed by atoms with Gasteiger partial charge in [0.05, 0.1) is 27.7 Å². The zero-order chi connectivity index (χ0) is 24.5.